The monoisotopic (exact) mass is 548 g/mol. The Morgan fingerprint density at radius 3 is 2.74 bits per heavy atom. The summed E-state index contributed by atoms with van der Waals surface area (Å²) in [5, 5.41) is 2.84. The summed E-state index contributed by atoms with van der Waals surface area (Å²) in [6.07, 6.45) is 1.76. The number of rotatable bonds is 8. The number of carbonyl (C=O) groups excluding carboxylic acids is 2. The van der Waals surface area contributed by atoms with Gasteiger partial charge in [-0.15, -0.1) is 0 Å². The van der Waals surface area contributed by atoms with Crippen LogP contribution in [0, 0.1) is 6.92 Å². The first-order chi connectivity index (χ1) is 18.4. The van der Waals surface area contributed by atoms with Crippen molar-refractivity contribution in [1.29, 1.82) is 0 Å². The highest BCUT2D eigenvalue weighted by molar-refractivity contribution is 8.26. The molecule has 3 aromatic carbocycles. The number of anilines is 1. The molecule has 0 saturated carbocycles. The number of nitrogens with one attached hydrogen (secondary N) is 1. The van der Waals surface area contributed by atoms with Crippen LogP contribution in [0.5, 0.6) is 23.0 Å². The van der Waals surface area contributed by atoms with E-state index >= 15 is 0 Å². The Morgan fingerprint density at radius 1 is 1.11 bits per heavy atom. The number of hydrogen-bond acceptors (Lipinski definition) is 8. The molecule has 1 fully saturated rings. The Labute approximate surface area is 229 Å². The van der Waals surface area contributed by atoms with E-state index in [1.54, 1.807) is 29.2 Å². The van der Waals surface area contributed by atoms with E-state index in [4.69, 9.17) is 31.2 Å². The van der Waals surface area contributed by atoms with Gasteiger partial charge in [0.15, 0.2) is 29.6 Å². The lowest BCUT2D eigenvalue weighted by Crippen LogP contribution is -2.27. The van der Waals surface area contributed by atoms with Crippen molar-refractivity contribution in [3.05, 3.63) is 82.3 Å². The van der Waals surface area contributed by atoms with Crippen molar-refractivity contribution >= 4 is 51.9 Å². The minimum Gasteiger partial charge on any atom is -0.493 e. The Kier molecular flexibility index (Phi) is 7.52. The molecule has 0 aromatic heterocycles. The fourth-order valence-electron chi connectivity index (χ4n) is 3.95. The maximum atomic E-state index is 13.1. The third kappa shape index (κ3) is 5.61. The Morgan fingerprint density at radius 2 is 1.92 bits per heavy atom. The fourth-order valence-corrected chi connectivity index (χ4v) is 5.20. The van der Waals surface area contributed by atoms with Crippen molar-refractivity contribution in [3.8, 4) is 23.0 Å². The highest BCUT2D eigenvalue weighted by Crippen LogP contribution is 2.37. The molecule has 0 spiro atoms. The van der Waals surface area contributed by atoms with Gasteiger partial charge in [0, 0.05) is 5.69 Å². The predicted molar refractivity (Wildman–Crippen MR) is 150 cm³/mol. The van der Waals surface area contributed by atoms with Crippen molar-refractivity contribution in [2.75, 3.05) is 25.8 Å². The van der Waals surface area contributed by atoms with Gasteiger partial charge in [-0.2, -0.15) is 0 Å². The number of benzene rings is 3. The Bertz CT molecular complexity index is 1460. The molecule has 1 saturated heterocycles. The van der Waals surface area contributed by atoms with Gasteiger partial charge in [0.05, 0.1) is 18.6 Å². The molecule has 1 N–H and O–H groups in total. The Balaban J connectivity index is 1.24. The van der Waals surface area contributed by atoms with Crippen LogP contribution >= 0.6 is 24.0 Å². The first-order valence-corrected chi connectivity index (χ1v) is 12.9. The molecule has 0 unspecified atom stereocenters. The van der Waals surface area contributed by atoms with Crippen LogP contribution in [0.1, 0.15) is 16.7 Å². The summed E-state index contributed by atoms with van der Waals surface area (Å²) in [6, 6.07) is 18.3. The molecular weight excluding hydrogens is 524 g/mol. The summed E-state index contributed by atoms with van der Waals surface area (Å²) in [5.41, 5.74) is 3.33. The van der Waals surface area contributed by atoms with E-state index in [1.807, 2.05) is 49.4 Å². The second kappa shape index (κ2) is 11.2. The minimum absolute atomic E-state index is 0.176. The number of thiocarbonyl (C=S) groups is 1. The number of thioether (sulfide) groups is 1. The van der Waals surface area contributed by atoms with E-state index in [0.29, 0.717) is 38.8 Å². The quantitative estimate of drug-likeness (QED) is 0.306. The summed E-state index contributed by atoms with van der Waals surface area (Å²) in [5.74, 6) is 1.75. The molecule has 0 atom stereocenters. The summed E-state index contributed by atoms with van der Waals surface area (Å²) >= 11 is 6.72. The lowest BCUT2D eigenvalue weighted by molar-refractivity contribution is -0.122. The average molecular weight is 549 g/mol. The van der Waals surface area contributed by atoms with Crippen LogP contribution < -0.4 is 24.3 Å². The van der Waals surface area contributed by atoms with Gasteiger partial charge in [-0.1, -0.05) is 54.3 Å². The largest absolute Gasteiger partial charge is 0.493 e. The summed E-state index contributed by atoms with van der Waals surface area (Å²) < 4.78 is 22.4. The van der Waals surface area contributed by atoms with Crippen molar-refractivity contribution in [2.24, 2.45) is 0 Å². The van der Waals surface area contributed by atoms with Crippen LogP contribution in [0.2, 0.25) is 0 Å². The molecular formula is C28H24N2O6S2. The van der Waals surface area contributed by atoms with Crippen molar-refractivity contribution in [2.45, 2.75) is 13.5 Å². The zero-order valence-electron chi connectivity index (χ0n) is 20.7. The third-order valence-electron chi connectivity index (χ3n) is 5.91. The number of amides is 2. The molecule has 8 nitrogen and oxygen atoms in total. The number of fused-ring (bicyclic) bond motifs is 1. The molecule has 2 heterocycles. The van der Waals surface area contributed by atoms with E-state index in [-0.39, 0.29) is 25.2 Å². The molecule has 194 valence electrons. The van der Waals surface area contributed by atoms with E-state index in [2.05, 4.69) is 5.32 Å². The lowest BCUT2D eigenvalue weighted by Gasteiger charge is -2.14. The lowest BCUT2D eigenvalue weighted by atomic mass is 10.1. The number of hydrogen-bond donors (Lipinski definition) is 1. The maximum Gasteiger partial charge on any atom is 0.266 e. The summed E-state index contributed by atoms with van der Waals surface area (Å²) in [7, 11) is 1.52. The molecule has 2 aliphatic heterocycles. The fraction of sp³-hybridized carbons (Fsp3) is 0.179. The van der Waals surface area contributed by atoms with E-state index in [1.165, 1.54) is 18.9 Å². The number of nitrogens with zero attached hydrogens (tertiary/aromatic N) is 1. The van der Waals surface area contributed by atoms with Gasteiger partial charge in [-0.05, 0) is 60.0 Å². The van der Waals surface area contributed by atoms with Crippen molar-refractivity contribution in [1.82, 2.24) is 4.90 Å². The zero-order valence-corrected chi connectivity index (χ0v) is 22.3. The Hall–Kier alpha value is -4.02. The predicted octanol–water partition coefficient (Wildman–Crippen LogP) is 5.15. The average Bonchev–Trinajstić information content (AvgIpc) is 3.48. The van der Waals surface area contributed by atoms with Crippen LogP contribution in [0.4, 0.5) is 5.69 Å². The number of para-hydroxylation sites is 1. The third-order valence-corrected chi connectivity index (χ3v) is 7.29. The smallest absolute Gasteiger partial charge is 0.266 e. The molecule has 5 rings (SSSR count). The highest BCUT2D eigenvalue weighted by Gasteiger charge is 2.32. The molecule has 10 heteroatoms. The van der Waals surface area contributed by atoms with Gasteiger partial charge in [0.2, 0.25) is 6.79 Å². The van der Waals surface area contributed by atoms with E-state index in [0.717, 1.165) is 22.4 Å². The molecule has 0 bridgehead atoms. The van der Waals surface area contributed by atoms with E-state index in [9.17, 15) is 9.59 Å². The number of ether oxygens (including phenoxy) is 4. The van der Waals surface area contributed by atoms with Crippen molar-refractivity contribution < 1.29 is 28.5 Å². The summed E-state index contributed by atoms with van der Waals surface area (Å²) in [6.45, 7) is 2.27. The van der Waals surface area contributed by atoms with Crippen LogP contribution in [0.25, 0.3) is 6.08 Å². The molecule has 3 aromatic rings. The zero-order chi connectivity index (χ0) is 26.6. The van der Waals surface area contributed by atoms with Gasteiger partial charge >= 0.3 is 0 Å². The van der Waals surface area contributed by atoms with Gasteiger partial charge in [0.25, 0.3) is 11.8 Å². The molecule has 38 heavy (non-hydrogen) atoms. The molecule has 2 aliphatic rings. The minimum atomic E-state index is -0.281. The van der Waals surface area contributed by atoms with Gasteiger partial charge in [0.1, 0.15) is 4.32 Å². The number of aryl methyl sites for hydroxylation is 1. The standard InChI is InChI=1S/C28H24N2O6S2/c1-17-5-3-4-6-20(17)29-26(31)15-34-21-9-7-18(11-23(21)33-2)13-25-27(32)30(28(37)38-25)14-19-8-10-22-24(12-19)36-16-35-22/h3-13H,14-16H2,1-2H3,(H,29,31)/b25-13-. The van der Waals surface area contributed by atoms with E-state index < -0.39 is 0 Å². The topological polar surface area (TPSA) is 86.3 Å². The van der Waals surface area contributed by atoms with Gasteiger partial charge in [-0.3, -0.25) is 14.5 Å². The second-order valence-electron chi connectivity index (χ2n) is 8.52. The molecule has 0 radical (unpaired) electrons. The number of methoxy groups -OCH3 is 1. The first kappa shape index (κ1) is 25.6. The normalized spacial score (nSPS) is 15.2. The molecule has 0 aliphatic carbocycles. The SMILES string of the molecule is COc1cc(/C=C2\SC(=S)N(Cc3ccc4c(c3)OCO4)C2=O)ccc1OCC(=O)Nc1ccccc1C. The van der Waals surface area contributed by atoms with Crippen LogP contribution in [-0.4, -0.2) is 41.5 Å². The molecule has 2 amide bonds. The van der Waals surface area contributed by atoms with Crippen LogP contribution in [0.15, 0.2) is 65.6 Å². The van der Waals surface area contributed by atoms with Crippen LogP contribution in [0.3, 0.4) is 0 Å². The van der Waals surface area contributed by atoms with Crippen molar-refractivity contribution in [3.63, 3.8) is 0 Å². The van der Waals surface area contributed by atoms with Crippen LogP contribution in [-0.2, 0) is 16.1 Å². The first-order valence-electron chi connectivity index (χ1n) is 11.7. The number of carbonyl (C=O) groups is 2. The second-order valence-corrected chi connectivity index (χ2v) is 10.2. The van der Waals surface area contributed by atoms with Gasteiger partial charge in [-0.25, -0.2) is 0 Å². The van der Waals surface area contributed by atoms with Gasteiger partial charge < -0.3 is 24.3 Å². The highest BCUT2D eigenvalue weighted by atomic mass is 32.2. The summed E-state index contributed by atoms with van der Waals surface area (Å²) in [4.78, 5) is 27.6. The maximum absolute atomic E-state index is 13.1.